The van der Waals surface area contributed by atoms with Crippen LogP contribution < -0.4 is 45.6 Å². The van der Waals surface area contributed by atoms with Crippen molar-refractivity contribution in [3.8, 4) is 46.0 Å². The zero-order valence-electron chi connectivity index (χ0n) is 49.6. The van der Waals surface area contributed by atoms with Crippen LogP contribution in [0.4, 0.5) is 0 Å². The summed E-state index contributed by atoms with van der Waals surface area (Å²) in [6.45, 7) is -1.55. The van der Waals surface area contributed by atoms with Gasteiger partial charge in [-0.05, 0) is 213 Å². The Hall–Kier alpha value is -9.09. The molecule has 9 rings (SSSR count). The van der Waals surface area contributed by atoms with E-state index in [-0.39, 0.29) is 0 Å². The molecule has 0 saturated carbocycles. The van der Waals surface area contributed by atoms with Gasteiger partial charge in [-0.15, -0.1) is 40.2 Å². The Bertz CT molecular complexity index is 5520. The molecular formula is C58H42O34S8-8. The lowest BCUT2D eigenvalue weighted by molar-refractivity contribution is -0.307. The Morgan fingerprint density at radius 1 is 0.250 bits per heavy atom. The van der Waals surface area contributed by atoms with E-state index in [1.165, 1.54) is 0 Å². The van der Waals surface area contributed by atoms with Crippen LogP contribution in [0.15, 0.2) is 136 Å². The number of fused-ring (bicyclic) bond motifs is 16. The van der Waals surface area contributed by atoms with Crippen molar-refractivity contribution in [1.82, 2.24) is 0 Å². The van der Waals surface area contributed by atoms with Crippen LogP contribution in [0, 0.1) is 0 Å². The lowest BCUT2D eigenvalue weighted by atomic mass is 9.91. The molecule has 0 unspecified atom stereocenters. The van der Waals surface area contributed by atoms with Crippen molar-refractivity contribution in [3.05, 3.63) is 186 Å². The second-order valence-electron chi connectivity index (χ2n) is 22.4. The molecule has 8 N–H and O–H groups in total. The van der Waals surface area contributed by atoms with Crippen LogP contribution in [0.5, 0.6) is 46.0 Å². The lowest BCUT2D eigenvalue weighted by Crippen LogP contribution is -2.29. The quantitative estimate of drug-likeness (QED) is 0.0672. The SMILES string of the molecule is O=C([O-])COc1c2cc(S(=O)(=O)O)cc1Cc1cc(S(=O)(=O)O)cc(c1[O-])Cc1cc(S(=O)(=O)O)cc(c1[O-])Cc1cc(S(=O)(=O)O)cc(c1[O-])Cc1cc(S(=O)(=O)O)cc(c1[O-])Cc1cc(S(=O)(=O)O)cc(c1[O-])Cc1cc(S(=O)(=O)O)cc(c1[O-])Cc1cc(S(=O)(=O)O)cc(c1[O-])C2. The molecule has 534 valence electrons. The van der Waals surface area contributed by atoms with Crippen molar-refractivity contribution in [2.24, 2.45) is 0 Å². The summed E-state index contributed by atoms with van der Waals surface area (Å²) in [5.74, 6) is -12.9. The number of carboxylic acids is 1. The van der Waals surface area contributed by atoms with Crippen LogP contribution in [0.3, 0.4) is 0 Å². The van der Waals surface area contributed by atoms with Crippen LogP contribution in [0.25, 0.3) is 0 Å². The van der Waals surface area contributed by atoms with Crippen molar-refractivity contribution >= 4 is 86.9 Å². The predicted molar refractivity (Wildman–Crippen MR) is 319 cm³/mol. The summed E-state index contributed by atoms with van der Waals surface area (Å²) in [6.07, 6.45) is -10.1. The molecule has 0 radical (unpaired) electrons. The van der Waals surface area contributed by atoms with Crippen LogP contribution in [0.1, 0.15) is 89.0 Å². The molecule has 8 aromatic rings. The minimum absolute atomic E-state index is 0.406. The van der Waals surface area contributed by atoms with Gasteiger partial charge in [-0.3, -0.25) is 36.4 Å². The maximum absolute atomic E-state index is 14.7. The summed E-state index contributed by atoms with van der Waals surface area (Å²) in [4.78, 5) is 2.05. The highest BCUT2D eigenvalue weighted by Gasteiger charge is 2.27. The minimum Gasteiger partial charge on any atom is -0.872 e. The summed E-state index contributed by atoms with van der Waals surface area (Å²) < 4.78 is 295. The first-order chi connectivity index (χ1) is 45.8. The molecule has 0 atom stereocenters. The van der Waals surface area contributed by atoms with Crippen LogP contribution in [0.2, 0.25) is 0 Å². The van der Waals surface area contributed by atoms with E-state index in [1.54, 1.807) is 0 Å². The van der Waals surface area contributed by atoms with Crippen LogP contribution in [-0.2, 0) is 137 Å². The van der Waals surface area contributed by atoms with E-state index in [0.717, 1.165) is 0 Å². The Kier molecular flexibility index (Phi) is 19.9. The Labute approximate surface area is 566 Å². The van der Waals surface area contributed by atoms with E-state index in [4.69, 9.17) is 4.74 Å². The van der Waals surface area contributed by atoms with Crippen molar-refractivity contribution in [2.45, 2.75) is 90.5 Å². The molecule has 34 nitrogen and oxygen atoms in total. The molecule has 0 aromatic heterocycles. The molecule has 0 spiro atoms. The maximum atomic E-state index is 14.7. The van der Waals surface area contributed by atoms with E-state index in [2.05, 4.69) is 0 Å². The van der Waals surface area contributed by atoms with Crippen LogP contribution in [-0.4, -0.2) is 116 Å². The van der Waals surface area contributed by atoms with E-state index >= 15 is 0 Å². The van der Waals surface area contributed by atoms with Gasteiger partial charge in [-0.25, -0.2) is 0 Å². The molecule has 0 amide bonds. The van der Waals surface area contributed by atoms with Crippen LogP contribution >= 0.6 is 0 Å². The molecule has 0 heterocycles. The highest BCUT2D eigenvalue weighted by Crippen LogP contribution is 2.42. The van der Waals surface area contributed by atoms with Gasteiger partial charge in [-0.2, -0.15) is 67.3 Å². The van der Waals surface area contributed by atoms with Crippen molar-refractivity contribution < 1.29 is 154 Å². The van der Waals surface area contributed by atoms with Gasteiger partial charge in [0.05, 0.1) is 45.1 Å². The molecule has 0 saturated heterocycles. The summed E-state index contributed by atoms with van der Waals surface area (Å²) in [7, 11) is -44.5. The first-order valence-electron chi connectivity index (χ1n) is 27.3. The number of hydrogen-bond donors (Lipinski definition) is 8. The van der Waals surface area contributed by atoms with Gasteiger partial charge in [0.2, 0.25) is 0 Å². The molecular weight excluding hydrogens is 1500 g/mol. The molecule has 1 aliphatic rings. The number of aliphatic carboxylic acids is 1. The third kappa shape index (κ3) is 16.5. The summed E-state index contributed by atoms with van der Waals surface area (Å²) >= 11 is 0. The summed E-state index contributed by atoms with van der Waals surface area (Å²) in [6, 6.07) is 6.68. The number of benzene rings is 8. The van der Waals surface area contributed by atoms with E-state index in [9.17, 15) is 149 Å². The summed E-state index contributed by atoms with van der Waals surface area (Å²) in [5, 5.41) is 114. The highest BCUT2D eigenvalue weighted by atomic mass is 32.2. The Morgan fingerprint density at radius 2 is 0.360 bits per heavy atom. The van der Waals surface area contributed by atoms with Gasteiger partial charge in [0.1, 0.15) is 12.4 Å². The number of carboxylic acid groups (broad SMARTS) is 1. The molecule has 42 heteroatoms. The lowest BCUT2D eigenvalue weighted by Gasteiger charge is -2.28. The van der Waals surface area contributed by atoms with Gasteiger partial charge in [0, 0.05) is 24.0 Å². The topological polar surface area (TPSA) is 646 Å². The average molecular weight is 1540 g/mol. The van der Waals surface area contributed by atoms with E-state index in [1.807, 2.05) is 0 Å². The third-order valence-corrected chi connectivity index (χ3v) is 22.1. The monoisotopic (exact) mass is 1540 g/mol. The number of carbonyl (C=O) groups is 1. The molecule has 0 fully saturated rings. The van der Waals surface area contributed by atoms with Gasteiger partial charge >= 0.3 is 0 Å². The minimum atomic E-state index is -5.59. The largest absolute Gasteiger partial charge is 0.872 e. The normalized spacial score (nSPS) is 13.9. The Morgan fingerprint density at radius 3 is 0.470 bits per heavy atom. The first kappa shape index (κ1) is 75.1. The fraction of sp³-hybridized carbons (Fsp3) is 0.155. The fourth-order valence-corrected chi connectivity index (χ4v) is 15.7. The zero-order valence-corrected chi connectivity index (χ0v) is 56.1. The van der Waals surface area contributed by atoms with E-state index < -0.39 is 319 Å². The molecule has 100 heavy (non-hydrogen) atoms. The number of ether oxygens (including phenoxy) is 1. The Balaban J connectivity index is 1.39. The van der Waals surface area contributed by atoms with E-state index in [0.29, 0.717) is 97.1 Å². The molecule has 16 bridgehead atoms. The second-order valence-corrected chi connectivity index (χ2v) is 33.8. The van der Waals surface area contributed by atoms with Gasteiger partial charge in [0.25, 0.3) is 80.9 Å². The predicted octanol–water partition coefficient (Wildman–Crippen LogP) is -1.66. The molecule has 0 aliphatic heterocycles. The number of hydrogen-bond acceptors (Lipinski definition) is 26. The third-order valence-electron chi connectivity index (χ3n) is 15.5. The first-order valence-corrected chi connectivity index (χ1v) is 38.9. The van der Waals surface area contributed by atoms with Crippen molar-refractivity contribution in [2.75, 3.05) is 6.61 Å². The fourth-order valence-electron chi connectivity index (χ4n) is 11.0. The van der Waals surface area contributed by atoms with Gasteiger partial charge < -0.3 is 50.4 Å². The van der Waals surface area contributed by atoms with Crippen molar-refractivity contribution in [1.29, 1.82) is 0 Å². The maximum Gasteiger partial charge on any atom is 0.294 e. The number of rotatable bonds is 11. The molecule has 8 aromatic carbocycles. The summed E-state index contributed by atoms with van der Waals surface area (Å²) in [5.41, 5.74) is -14.6. The van der Waals surface area contributed by atoms with Gasteiger partial charge in [0.15, 0.2) is 0 Å². The smallest absolute Gasteiger partial charge is 0.294 e. The van der Waals surface area contributed by atoms with Crippen molar-refractivity contribution in [3.63, 3.8) is 0 Å². The van der Waals surface area contributed by atoms with Gasteiger partial charge in [-0.1, -0.05) is 0 Å². The standard InChI is InChI=1S/C58H50O34S8/c59-50(60)25-92-58-40-7-38-21-47(98(83,84)85)19-36(56(38)66)5-34-17-45(96(77,78)79)15-32(54(34)64)3-30-13-43(94(71,72)73)11-28(52(30)62)1-26-9-42(93(68,69)70)10-27(51(26)61)2-29-12-44(95(74,75)76)14-31(53(29)63)4-33-16-46(97(80,81)82)18-35(55(33)65)6-37-20-48(99(86,87)88)22-39(57(37)67)8-41(58)24-49(23-40)100(89,90)91/h9-24,61-67H,1-8,25H2,(H,59,60)(H,68,69,70)(H,71,72,73)(H,74,75,76)(H,77,78,79)(H,80,81,82)(H,83,84,85)(H,86,87,88)(H,89,90,91)/p-8. The zero-order chi connectivity index (χ0) is 74.4. The highest BCUT2D eigenvalue weighted by molar-refractivity contribution is 7.87. The number of carbonyl (C=O) groups excluding carboxylic acids is 1. The molecule has 1 aliphatic carbocycles. The second kappa shape index (κ2) is 26.5. The average Bonchev–Trinajstić information content (AvgIpc) is 0.778.